The van der Waals surface area contributed by atoms with Crippen molar-refractivity contribution in [1.29, 1.82) is 0 Å². The van der Waals surface area contributed by atoms with Crippen LogP contribution in [0.3, 0.4) is 0 Å². The summed E-state index contributed by atoms with van der Waals surface area (Å²) in [6.07, 6.45) is 0.591. The molecule has 1 saturated heterocycles. The highest BCUT2D eigenvalue weighted by Crippen LogP contribution is 2.15. The van der Waals surface area contributed by atoms with Gasteiger partial charge in [0.05, 0.1) is 4.88 Å². The second-order valence-electron chi connectivity index (χ2n) is 4.57. The van der Waals surface area contributed by atoms with Gasteiger partial charge in [0.1, 0.15) is 6.04 Å². The molecule has 0 bridgehead atoms. The minimum Gasteiger partial charge on any atom is -0.480 e. The lowest BCUT2D eigenvalue weighted by Crippen LogP contribution is -2.53. The summed E-state index contributed by atoms with van der Waals surface area (Å²) >= 11 is 1.44. The van der Waals surface area contributed by atoms with Crippen molar-refractivity contribution in [1.82, 2.24) is 9.80 Å². The van der Waals surface area contributed by atoms with Gasteiger partial charge in [0.15, 0.2) is 0 Å². The molecule has 19 heavy (non-hydrogen) atoms. The molecule has 1 N–H and O–H groups in total. The minimum atomic E-state index is -0.777. The normalized spacial score (nSPS) is 18.3. The minimum absolute atomic E-state index is 0.0537. The highest BCUT2D eigenvalue weighted by Gasteiger charge is 2.29. The molecule has 104 valence electrons. The Bertz CT molecular complexity index is 439. The van der Waals surface area contributed by atoms with Gasteiger partial charge in [0.2, 0.25) is 0 Å². The predicted octanol–water partition coefficient (Wildman–Crippen LogP) is 1.37. The van der Waals surface area contributed by atoms with Gasteiger partial charge < -0.3 is 10.0 Å². The Morgan fingerprint density at radius 1 is 1.37 bits per heavy atom. The fourth-order valence-electron chi connectivity index (χ4n) is 2.38. The van der Waals surface area contributed by atoms with Gasteiger partial charge in [-0.1, -0.05) is 13.0 Å². The van der Waals surface area contributed by atoms with Crippen LogP contribution in [0.25, 0.3) is 0 Å². The summed E-state index contributed by atoms with van der Waals surface area (Å²) in [4.78, 5) is 27.7. The van der Waals surface area contributed by atoms with Crippen molar-refractivity contribution in [2.45, 2.75) is 19.4 Å². The van der Waals surface area contributed by atoms with Gasteiger partial charge in [-0.05, 0) is 17.9 Å². The Balaban J connectivity index is 1.92. The van der Waals surface area contributed by atoms with Crippen molar-refractivity contribution in [2.75, 3.05) is 26.2 Å². The number of carbonyl (C=O) groups is 2. The molecule has 6 heteroatoms. The standard InChI is InChI=1S/C13H18N2O3S/c1-2-10(13(17)18)14-5-7-15(8-6-14)12(16)11-4-3-9-19-11/h3-4,9-10H,2,5-8H2,1H3,(H,17,18)/t10-/m1/s1. The Morgan fingerprint density at radius 3 is 2.53 bits per heavy atom. The maximum absolute atomic E-state index is 12.1. The first-order valence-electron chi connectivity index (χ1n) is 6.43. The molecule has 1 aromatic heterocycles. The van der Waals surface area contributed by atoms with Crippen LogP contribution in [-0.2, 0) is 4.79 Å². The maximum Gasteiger partial charge on any atom is 0.320 e. The lowest BCUT2D eigenvalue weighted by atomic mass is 10.1. The number of thiophene rings is 1. The van der Waals surface area contributed by atoms with E-state index >= 15 is 0 Å². The molecule has 2 heterocycles. The fourth-order valence-corrected chi connectivity index (χ4v) is 3.07. The molecule has 1 fully saturated rings. The second-order valence-corrected chi connectivity index (χ2v) is 5.52. The van der Waals surface area contributed by atoms with Crippen molar-refractivity contribution in [3.05, 3.63) is 22.4 Å². The number of piperazine rings is 1. The number of carbonyl (C=O) groups excluding carboxylic acids is 1. The fraction of sp³-hybridized carbons (Fsp3) is 0.538. The van der Waals surface area contributed by atoms with Gasteiger partial charge in [-0.15, -0.1) is 11.3 Å². The molecule has 1 atom stereocenters. The van der Waals surface area contributed by atoms with Gasteiger partial charge in [-0.25, -0.2) is 0 Å². The number of aliphatic carboxylic acids is 1. The summed E-state index contributed by atoms with van der Waals surface area (Å²) in [5, 5.41) is 11.0. The van der Waals surface area contributed by atoms with Crippen molar-refractivity contribution in [2.24, 2.45) is 0 Å². The number of rotatable bonds is 4. The molecule has 2 rings (SSSR count). The van der Waals surface area contributed by atoms with Gasteiger partial charge >= 0.3 is 5.97 Å². The third kappa shape index (κ3) is 3.13. The molecule has 0 saturated carbocycles. The lowest BCUT2D eigenvalue weighted by Gasteiger charge is -2.37. The highest BCUT2D eigenvalue weighted by atomic mass is 32.1. The van der Waals surface area contributed by atoms with E-state index in [-0.39, 0.29) is 5.91 Å². The third-order valence-electron chi connectivity index (χ3n) is 3.45. The van der Waals surface area contributed by atoms with Crippen molar-refractivity contribution in [3.8, 4) is 0 Å². The highest BCUT2D eigenvalue weighted by molar-refractivity contribution is 7.12. The zero-order chi connectivity index (χ0) is 13.8. The van der Waals surface area contributed by atoms with Crippen LogP contribution in [-0.4, -0.2) is 59.0 Å². The summed E-state index contributed by atoms with van der Waals surface area (Å²) in [6.45, 7) is 4.33. The van der Waals surface area contributed by atoms with Crippen LogP contribution in [0.4, 0.5) is 0 Å². The first-order chi connectivity index (χ1) is 9.13. The first-order valence-corrected chi connectivity index (χ1v) is 7.31. The summed E-state index contributed by atoms with van der Waals surface area (Å²) in [6, 6.07) is 3.26. The monoisotopic (exact) mass is 282 g/mol. The molecule has 1 aromatic rings. The molecule has 1 aliphatic heterocycles. The largest absolute Gasteiger partial charge is 0.480 e. The van der Waals surface area contributed by atoms with Crippen molar-refractivity contribution < 1.29 is 14.7 Å². The number of hydrogen-bond donors (Lipinski definition) is 1. The van der Waals surface area contributed by atoms with E-state index in [0.29, 0.717) is 32.6 Å². The molecular formula is C13H18N2O3S. The van der Waals surface area contributed by atoms with Gasteiger partial charge in [0.25, 0.3) is 5.91 Å². The molecular weight excluding hydrogens is 264 g/mol. The molecule has 0 spiro atoms. The molecule has 0 aliphatic carbocycles. The zero-order valence-corrected chi connectivity index (χ0v) is 11.7. The van der Waals surface area contributed by atoms with E-state index in [1.165, 1.54) is 11.3 Å². The quantitative estimate of drug-likeness (QED) is 0.906. The van der Waals surface area contributed by atoms with Crippen LogP contribution in [0.1, 0.15) is 23.0 Å². The van der Waals surface area contributed by atoms with E-state index in [1.807, 2.05) is 29.3 Å². The Kier molecular flexibility index (Phi) is 4.55. The molecule has 0 unspecified atom stereocenters. The third-order valence-corrected chi connectivity index (χ3v) is 4.30. The van der Waals surface area contributed by atoms with E-state index in [0.717, 1.165) is 4.88 Å². The maximum atomic E-state index is 12.1. The molecule has 5 nitrogen and oxygen atoms in total. The van der Waals surface area contributed by atoms with Crippen LogP contribution < -0.4 is 0 Å². The van der Waals surface area contributed by atoms with E-state index < -0.39 is 12.0 Å². The average molecular weight is 282 g/mol. The first kappa shape index (κ1) is 14.0. The average Bonchev–Trinajstić information content (AvgIpc) is 2.93. The van der Waals surface area contributed by atoms with E-state index in [9.17, 15) is 9.59 Å². The second kappa shape index (κ2) is 6.16. The summed E-state index contributed by atoms with van der Waals surface area (Å²) in [7, 11) is 0. The number of carboxylic acids is 1. The Hall–Kier alpha value is -1.40. The SMILES string of the molecule is CC[C@H](C(=O)O)N1CCN(C(=O)c2cccs2)CC1. The number of carboxylic acid groups (broad SMARTS) is 1. The summed E-state index contributed by atoms with van der Waals surface area (Å²) in [5.41, 5.74) is 0. The van der Waals surface area contributed by atoms with Gasteiger partial charge in [0, 0.05) is 26.2 Å². The van der Waals surface area contributed by atoms with Crippen molar-refractivity contribution in [3.63, 3.8) is 0 Å². The number of amides is 1. The zero-order valence-electron chi connectivity index (χ0n) is 10.9. The molecule has 1 amide bonds. The topological polar surface area (TPSA) is 60.9 Å². The smallest absolute Gasteiger partial charge is 0.320 e. The molecule has 0 radical (unpaired) electrons. The summed E-state index contributed by atoms with van der Waals surface area (Å²) < 4.78 is 0. The number of nitrogens with zero attached hydrogens (tertiary/aromatic N) is 2. The molecule has 0 aromatic carbocycles. The van der Waals surface area contributed by atoms with Crippen LogP contribution in [0.2, 0.25) is 0 Å². The van der Waals surface area contributed by atoms with E-state index in [2.05, 4.69) is 0 Å². The van der Waals surface area contributed by atoms with Gasteiger partial charge in [-0.2, -0.15) is 0 Å². The van der Waals surface area contributed by atoms with Crippen LogP contribution in [0, 0.1) is 0 Å². The Morgan fingerprint density at radius 2 is 2.05 bits per heavy atom. The molecule has 1 aliphatic rings. The van der Waals surface area contributed by atoms with E-state index in [4.69, 9.17) is 5.11 Å². The van der Waals surface area contributed by atoms with Crippen LogP contribution in [0.5, 0.6) is 0 Å². The summed E-state index contributed by atoms with van der Waals surface area (Å²) in [5.74, 6) is -0.724. The van der Waals surface area contributed by atoms with Crippen LogP contribution >= 0.6 is 11.3 Å². The predicted molar refractivity (Wildman–Crippen MR) is 73.5 cm³/mol. The van der Waals surface area contributed by atoms with Gasteiger partial charge in [-0.3, -0.25) is 14.5 Å². The van der Waals surface area contributed by atoms with Crippen molar-refractivity contribution >= 4 is 23.2 Å². The Labute approximate surface area is 116 Å². The number of hydrogen-bond acceptors (Lipinski definition) is 4. The lowest BCUT2D eigenvalue weighted by molar-refractivity contribution is -0.144. The van der Waals surface area contributed by atoms with Crippen LogP contribution in [0.15, 0.2) is 17.5 Å². The van der Waals surface area contributed by atoms with E-state index in [1.54, 1.807) is 4.90 Å².